The molecule has 9 nitrogen and oxygen atoms in total. The van der Waals surface area contributed by atoms with E-state index in [-0.39, 0.29) is 13.2 Å². The Morgan fingerprint density at radius 2 is 1.08 bits per heavy atom. The maximum absolute atomic E-state index is 12.8. The molecule has 292 valence electrons. The molecule has 0 bridgehead atoms. The fourth-order valence-electron chi connectivity index (χ4n) is 6.02. The van der Waals surface area contributed by atoms with Gasteiger partial charge in [-0.05, 0) is 19.3 Å². The number of phosphoric acid groups is 1. The van der Waals surface area contributed by atoms with Gasteiger partial charge in [-0.1, -0.05) is 187 Å². The van der Waals surface area contributed by atoms with Crippen LogP contribution in [0.2, 0.25) is 0 Å². The number of aliphatic hydroxyl groups is 2. The number of nitrogens with two attached hydrogens (primary N) is 1. The molecule has 0 heterocycles. The third-order valence-corrected chi connectivity index (χ3v) is 10.2. The lowest BCUT2D eigenvalue weighted by Gasteiger charge is -2.24. The molecule has 0 rings (SSSR count). The Kier molecular flexibility index (Phi) is 35.0. The highest BCUT2D eigenvalue weighted by atomic mass is 31.2. The van der Waals surface area contributed by atoms with Crippen molar-refractivity contribution >= 4 is 13.7 Å². The van der Waals surface area contributed by atoms with E-state index in [1.807, 2.05) is 6.08 Å². The number of amides is 1. The van der Waals surface area contributed by atoms with Gasteiger partial charge in [-0.15, -0.1) is 0 Å². The van der Waals surface area contributed by atoms with Crippen LogP contribution in [-0.2, 0) is 18.4 Å². The zero-order chi connectivity index (χ0) is 36.3. The molecule has 0 aromatic heterocycles. The van der Waals surface area contributed by atoms with Crippen molar-refractivity contribution in [1.82, 2.24) is 5.32 Å². The second-order valence-electron chi connectivity index (χ2n) is 14.0. The Hall–Kier alpha value is -0.800. The Morgan fingerprint density at radius 1 is 0.673 bits per heavy atom. The Labute approximate surface area is 301 Å². The van der Waals surface area contributed by atoms with Gasteiger partial charge in [-0.25, -0.2) is 4.57 Å². The number of carbonyl (C=O) groups is 1. The van der Waals surface area contributed by atoms with E-state index >= 15 is 0 Å². The topological polar surface area (TPSA) is 151 Å². The number of carbonyl (C=O) groups excluding carboxylic acids is 1. The number of phosphoric ester groups is 1. The largest absolute Gasteiger partial charge is 0.472 e. The first-order valence-electron chi connectivity index (χ1n) is 20.4. The van der Waals surface area contributed by atoms with Crippen molar-refractivity contribution in [2.75, 3.05) is 19.8 Å². The fraction of sp³-hybridized carbons (Fsp3) is 0.923. The van der Waals surface area contributed by atoms with E-state index in [2.05, 4.69) is 19.2 Å². The fourth-order valence-corrected chi connectivity index (χ4v) is 6.78. The molecule has 0 fully saturated rings. The molecule has 0 aliphatic heterocycles. The predicted octanol–water partition coefficient (Wildman–Crippen LogP) is 9.80. The van der Waals surface area contributed by atoms with Crippen LogP contribution in [-0.4, -0.2) is 59.0 Å². The van der Waals surface area contributed by atoms with Crippen molar-refractivity contribution < 1.29 is 33.5 Å². The van der Waals surface area contributed by atoms with Gasteiger partial charge in [-0.3, -0.25) is 13.8 Å². The lowest BCUT2D eigenvalue weighted by Crippen LogP contribution is -2.49. The highest BCUT2D eigenvalue weighted by Gasteiger charge is 2.28. The third-order valence-electron chi connectivity index (χ3n) is 9.22. The summed E-state index contributed by atoms with van der Waals surface area (Å²) in [5, 5.41) is 23.9. The average molecular weight is 719 g/mol. The summed E-state index contributed by atoms with van der Waals surface area (Å²) in [7, 11) is -4.40. The summed E-state index contributed by atoms with van der Waals surface area (Å²) in [6, 6.07) is -1.03. The molecular weight excluding hydrogens is 639 g/mol. The molecule has 0 spiro atoms. The number of rotatable bonds is 38. The van der Waals surface area contributed by atoms with Crippen LogP contribution in [0.1, 0.15) is 194 Å². The van der Waals surface area contributed by atoms with Crippen molar-refractivity contribution in [3.63, 3.8) is 0 Å². The van der Waals surface area contributed by atoms with Crippen LogP contribution in [0, 0.1) is 0 Å². The molecule has 2 unspecified atom stereocenters. The predicted molar refractivity (Wildman–Crippen MR) is 204 cm³/mol. The number of hydrogen-bond donors (Lipinski definition) is 5. The molecule has 0 radical (unpaired) electrons. The van der Waals surface area contributed by atoms with Crippen LogP contribution in [0.15, 0.2) is 12.2 Å². The molecule has 49 heavy (non-hydrogen) atoms. The van der Waals surface area contributed by atoms with Crippen molar-refractivity contribution in [3.8, 4) is 0 Å². The first-order valence-corrected chi connectivity index (χ1v) is 21.9. The normalized spacial score (nSPS) is 15.0. The molecule has 10 heteroatoms. The first kappa shape index (κ1) is 48.2. The standard InChI is InChI=1S/C39H79N2O7P/c1-3-5-7-9-11-13-15-16-17-18-19-20-21-22-24-26-28-30-32-38(43)39(44)41-36(35-48-49(45,46)47-34-33-40)37(42)31-29-27-25-23-14-12-10-8-6-4-2/h29,31,36-38,42-43H,3-28,30,32-35,40H2,1-2H3,(H,41,44)(H,45,46)/b31-29+/t36-,37+,38?/m0/s1. The molecular formula is C39H79N2O7P. The summed E-state index contributed by atoms with van der Waals surface area (Å²) < 4.78 is 22.0. The summed E-state index contributed by atoms with van der Waals surface area (Å²) >= 11 is 0. The van der Waals surface area contributed by atoms with Gasteiger partial charge in [0, 0.05) is 6.54 Å². The molecule has 0 saturated carbocycles. The highest BCUT2D eigenvalue weighted by Crippen LogP contribution is 2.43. The first-order chi connectivity index (χ1) is 23.8. The lowest BCUT2D eigenvalue weighted by atomic mass is 10.0. The Balaban J connectivity index is 4.27. The third kappa shape index (κ3) is 32.8. The van der Waals surface area contributed by atoms with Crippen LogP contribution < -0.4 is 11.1 Å². The molecule has 0 aromatic carbocycles. The maximum atomic E-state index is 12.8. The monoisotopic (exact) mass is 719 g/mol. The molecule has 0 saturated heterocycles. The van der Waals surface area contributed by atoms with Gasteiger partial charge in [0.25, 0.3) is 0 Å². The number of hydrogen-bond acceptors (Lipinski definition) is 7. The van der Waals surface area contributed by atoms with Gasteiger partial charge >= 0.3 is 7.82 Å². The minimum atomic E-state index is -4.40. The van der Waals surface area contributed by atoms with Crippen molar-refractivity contribution in [2.45, 2.75) is 212 Å². The van der Waals surface area contributed by atoms with E-state index in [0.29, 0.717) is 6.42 Å². The summed E-state index contributed by atoms with van der Waals surface area (Å²) in [6.45, 7) is 3.91. The van der Waals surface area contributed by atoms with Crippen LogP contribution in [0.5, 0.6) is 0 Å². The minimum Gasteiger partial charge on any atom is -0.387 e. The number of aliphatic hydroxyl groups excluding tert-OH is 2. The van der Waals surface area contributed by atoms with Gasteiger partial charge in [0.2, 0.25) is 5.91 Å². The minimum absolute atomic E-state index is 0.0454. The van der Waals surface area contributed by atoms with Gasteiger partial charge in [0.15, 0.2) is 0 Å². The average Bonchev–Trinajstić information content (AvgIpc) is 3.09. The highest BCUT2D eigenvalue weighted by molar-refractivity contribution is 7.47. The van der Waals surface area contributed by atoms with Crippen LogP contribution in [0.25, 0.3) is 0 Å². The quantitative estimate of drug-likeness (QED) is 0.0240. The summed E-state index contributed by atoms with van der Waals surface area (Å²) in [5.74, 6) is -0.633. The SMILES string of the molecule is CCCCCCCCCC/C=C/[C@@H](O)[C@H](COP(=O)(O)OCCN)NC(=O)C(O)CCCCCCCCCCCCCCCCCCCC. The number of unbranched alkanes of at least 4 members (excludes halogenated alkanes) is 25. The van der Waals surface area contributed by atoms with Gasteiger partial charge in [-0.2, -0.15) is 0 Å². The molecule has 1 amide bonds. The molecule has 0 aliphatic carbocycles. The Morgan fingerprint density at radius 3 is 1.51 bits per heavy atom. The van der Waals surface area contributed by atoms with Gasteiger partial charge in [0.05, 0.1) is 25.4 Å². The van der Waals surface area contributed by atoms with Crippen LogP contribution in [0.3, 0.4) is 0 Å². The zero-order valence-electron chi connectivity index (χ0n) is 31.8. The molecule has 0 aromatic rings. The van der Waals surface area contributed by atoms with E-state index < -0.39 is 38.6 Å². The molecule has 6 N–H and O–H groups in total. The Bertz CT molecular complexity index is 801. The van der Waals surface area contributed by atoms with E-state index in [9.17, 15) is 24.5 Å². The second-order valence-corrected chi connectivity index (χ2v) is 15.5. The van der Waals surface area contributed by atoms with E-state index in [4.69, 9.17) is 14.8 Å². The van der Waals surface area contributed by atoms with Crippen molar-refractivity contribution in [3.05, 3.63) is 12.2 Å². The summed E-state index contributed by atoms with van der Waals surface area (Å²) in [6.07, 6.45) is 34.8. The van der Waals surface area contributed by atoms with Gasteiger partial charge in [0.1, 0.15) is 6.10 Å². The number of nitrogens with one attached hydrogen (secondary N) is 1. The zero-order valence-corrected chi connectivity index (χ0v) is 32.7. The molecule has 0 aliphatic rings. The van der Waals surface area contributed by atoms with Gasteiger partial charge < -0.3 is 26.2 Å². The number of allylic oxidation sites excluding steroid dienone is 1. The smallest absolute Gasteiger partial charge is 0.387 e. The second kappa shape index (κ2) is 35.6. The van der Waals surface area contributed by atoms with E-state index in [0.717, 1.165) is 38.5 Å². The summed E-state index contributed by atoms with van der Waals surface area (Å²) in [5.41, 5.74) is 5.34. The van der Waals surface area contributed by atoms with E-state index in [1.54, 1.807) is 6.08 Å². The lowest BCUT2D eigenvalue weighted by molar-refractivity contribution is -0.131. The molecule has 4 atom stereocenters. The van der Waals surface area contributed by atoms with Crippen molar-refractivity contribution in [2.24, 2.45) is 5.73 Å². The van der Waals surface area contributed by atoms with Crippen molar-refractivity contribution in [1.29, 1.82) is 0 Å². The van der Waals surface area contributed by atoms with Crippen LogP contribution >= 0.6 is 7.82 Å². The van der Waals surface area contributed by atoms with Crippen LogP contribution in [0.4, 0.5) is 0 Å². The summed E-state index contributed by atoms with van der Waals surface area (Å²) in [4.78, 5) is 22.7. The van der Waals surface area contributed by atoms with E-state index in [1.165, 1.54) is 135 Å². The maximum Gasteiger partial charge on any atom is 0.472 e.